The van der Waals surface area contributed by atoms with E-state index < -0.39 is 15.5 Å². The van der Waals surface area contributed by atoms with Crippen LogP contribution in [-0.2, 0) is 9.73 Å². The van der Waals surface area contributed by atoms with Gasteiger partial charge in [0, 0.05) is 26.2 Å². The zero-order valence-electron chi connectivity index (χ0n) is 7.96. The summed E-state index contributed by atoms with van der Waals surface area (Å²) in [4.78, 5) is 0. The molecular formula is C9H11BrFNOS. The molecule has 0 aromatic heterocycles. The SMILES string of the molecule is CCS(C)(=O)=Nc1ccc(Br)cc1F. The molecule has 1 rings (SSSR count). The molecule has 0 spiro atoms. The van der Waals surface area contributed by atoms with Gasteiger partial charge in [-0.25, -0.2) is 8.60 Å². The Hall–Kier alpha value is -0.420. The molecule has 14 heavy (non-hydrogen) atoms. The maximum Gasteiger partial charge on any atom is 0.150 e. The predicted octanol–water partition coefficient (Wildman–Crippen LogP) is 3.34. The van der Waals surface area contributed by atoms with Crippen molar-refractivity contribution in [2.24, 2.45) is 4.36 Å². The first kappa shape index (κ1) is 11.7. The normalized spacial score (nSPS) is 14.9. The van der Waals surface area contributed by atoms with Gasteiger partial charge >= 0.3 is 0 Å². The molecule has 0 saturated heterocycles. The summed E-state index contributed by atoms with van der Waals surface area (Å²) < 4.78 is 29.4. The molecule has 1 atom stereocenters. The van der Waals surface area contributed by atoms with Crippen molar-refractivity contribution in [3.63, 3.8) is 0 Å². The van der Waals surface area contributed by atoms with Crippen molar-refractivity contribution >= 4 is 31.3 Å². The second-order valence-electron chi connectivity index (χ2n) is 2.94. The van der Waals surface area contributed by atoms with Gasteiger partial charge in [0.15, 0.2) is 5.82 Å². The molecule has 0 saturated carbocycles. The first-order valence-corrected chi connectivity index (χ1v) is 6.98. The zero-order valence-corrected chi connectivity index (χ0v) is 10.4. The molecule has 1 aromatic carbocycles. The van der Waals surface area contributed by atoms with Crippen LogP contribution in [0.15, 0.2) is 27.0 Å². The average Bonchev–Trinajstić information content (AvgIpc) is 2.10. The van der Waals surface area contributed by atoms with E-state index in [1.54, 1.807) is 13.0 Å². The van der Waals surface area contributed by atoms with Crippen molar-refractivity contribution in [1.82, 2.24) is 0 Å². The van der Waals surface area contributed by atoms with Crippen molar-refractivity contribution in [3.8, 4) is 0 Å². The lowest BCUT2D eigenvalue weighted by Gasteiger charge is -2.01. The fourth-order valence-electron chi connectivity index (χ4n) is 0.828. The zero-order chi connectivity index (χ0) is 10.8. The third kappa shape index (κ3) is 3.06. The molecule has 1 unspecified atom stereocenters. The van der Waals surface area contributed by atoms with Crippen molar-refractivity contribution in [1.29, 1.82) is 0 Å². The van der Waals surface area contributed by atoms with Crippen LogP contribution in [0.4, 0.5) is 10.1 Å². The monoisotopic (exact) mass is 279 g/mol. The van der Waals surface area contributed by atoms with Crippen molar-refractivity contribution < 1.29 is 8.60 Å². The summed E-state index contributed by atoms with van der Waals surface area (Å²) in [5.74, 6) is -0.0370. The lowest BCUT2D eigenvalue weighted by molar-refractivity contribution is 0.628. The van der Waals surface area contributed by atoms with E-state index in [9.17, 15) is 8.60 Å². The summed E-state index contributed by atoms with van der Waals surface area (Å²) in [6, 6.07) is 4.50. The first-order chi connectivity index (χ1) is 6.44. The molecule has 0 aliphatic heterocycles. The molecule has 1 aromatic rings. The Morgan fingerprint density at radius 2 is 2.21 bits per heavy atom. The molecule has 0 radical (unpaired) electrons. The van der Waals surface area contributed by atoms with Crippen LogP contribution in [0.2, 0.25) is 0 Å². The lowest BCUT2D eigenvalue weighted by atomic mass is 10.3. The van der Waals surface area contributed by atoms with Crippen LogP contribution >= 0.6 is 15.9 Å². The lowest BCUT2D eigenvalue weighted by Crippen LogP contribution is -1.98. The van der Waals surface area contributed by atoms with E-state index in [4.69, 9.17) is 0 Å². The summed E-state index contributed by atoms with van der Waals surface area (Å²) in [6.07, 6.45) is 1.52. The van der Waals surface area contributed by atoms with Gasteiger partial charge < -0.3 is 0 Å². The molecule has 5 heteroatoms. The van der Waals surface area contributed by atoms with Gasteiger partial charge in [-0.1, -0.05) is 22.9 Å². The number of hydrogen-bond acceptors (Lipinski definition) is 2. The van der Waals surface area contributed by atoms with Gasteiger partial charge in [-0.3, -0.25) is 0 Å². The molecule has 0 bridgehead atoms. The van der Waals surface area contributed by atoms with Gasteiger partial charge in [0.2, 0.25) is 0 Å². The summed E-state index contributed by atoms with van der Waals surface area (Å²) in [6.45, 7) is 1.77. The molecule has 2 nitrogen and oxygen atoms in total. The molecule has 0 amide bonds. The van der Waals surface area contributed by atoms with E-state index in [0.717, 1.165) is 0 Å². The van der Waals surface area contributed by atoms with Gasteiger partial charge in [0.25, 0.3) is 0 Å². The van der Waals surface area contributed by atoms with Crippen LogP contribution in [0, 0.1) is 5.82 Å². The van der Waals surface area contributed by atoms with Crippen molar-refractivity contribution in [2.45, 2.75) is 6.92 Å². The molecule has 0 N–H and O–H groups in total. The Bertz CT molecular complexity index is 452. The molecular weight excluding hydrogens is 269 g/mol. The highest BCUT2D eigenvalue weighted by Gasteiger charge is 2.04. The number of hydrogen-bond donors (Lipinski definition) is 0. The third-order valence-electron chi connectivity index (χ3n) is 1.74. The van der Waals surface area contributed by atoms with Gasteiger partial charge in [-0.2, -0.15) is 4.36 Å². The Morgan fingerprint density at radius 1 is 1.57 bits per heavy atom. The molecule has 78 valence electrons. The Balaban J connectivity index is 3.23. The summed E-state index contributed by atoms with van der Waals surface area (Å²) in [7, 11) is -2.29. The predicted molar refractivity (Wildman–Crippen MR) is 60.8 cm³/mol. The third-order valence-corrected chi connectivity index (χ3v) is 3.88. The summed E-state index contributed by atoms with van der Waals surface area (Å²) in [5.41, 5.74) is 0.155. The number of rotatable bonds is 2. The van der Waals surface area contributed by atoms with E-state index in [1.807, 2.05) is 0 Å². The van der Waals surface area contributed by atoms with E-state index in [-0.39, 0.29) is 5.69 Å². The molecule has 0 aliphatic carbocycles. The molecule has 0 fully saturated rings. The maximum atomic E-state index is 13.3. The standard InChI is InChI=1S/C9H11BrFNOS/c1-3-14(2,13)12-9-5-4-7(10)6-8(9)11/h4-6H,3H2,1-2H3. The second kappa shape index (κ2) is 4.40. The van der Waals surface area contributed by atoms with Gasteiger partial charge in [-0.15, -0.1) is 0 Å². The fourth-order valence-corrected chi connectivity index (χ4v) is 1.85. The molecule has 0 aliphatic rings. The minimum Gasteiger partial charge on any atom is -0.250 e. The van der Waals surface area contributed by atoms with E-state index in [0.29, 0.717) is 10.2 Å². The van der Waals surface area contributed by atoms with Gasteiger partial charge in [0.05, 0.1) is 0 Å². The molecule has 0 heterocycles. The quantitative estimate of drug-likeness (QED) is 0.817. The summed E-state index contributed by atoms with van der Waals surface area (Å²) >= 11 is 3.14. The van der Waals surface area contributed by atoms with Crippen LogP contribution in [0.25, 0.3) is 0 Å². The number of halogens is 2. The Labute approximate surface area is 91.8 Å². The van der Waals surface area contributed by atoms with E-state index >= 15 is 0 Å². The van der Waals surface area contributed by atoms with Crippen LogP contribution in [-0.4, -0.2) is 16.2 Å². The van der Waals surface area contributed by atoms with Gasteiger partial charge in [0.1, 0.15) is 5.69 Å². The minimum absolute atomic E-state index is 0.155. The highest BCUT2D eigenvalue weighted by Crippen LogP contribution is 2.23. The summed E-state index contributed by atoms with van der Waals surface area (Å²) in [5, 5.41) is 0. The highest BCUT2D eigenvalue weighted by molar-refractivity contribution is 9.10. The van der Waals surface area contributed by atoms with E-state index in [2.05, 4.69) is 20.3 Å². The minimum atomic E-state index is -2.29. The maximum absolute atomic E-state index is 13.3. The first-order valence-electron chi connectivity index (χ1n) is 4.09. The fraction of sp³-hybridized carbons (Fsp3) is 0.333. The van der Waals surface area contributed by atoms with Gasteiger partial charge in [-0.05, 0) is 18.2 Å². The number of nitrogens with zero attached hydrogens (tertiary/aromatic N) is 1. The number of benzene rings is 1. The largest absolute Gasteiger partial charge is 0.250 e. The van der Waals surface area contributed by atoms with Crippen LogP contribution in [0.5, 0.6) is 0 Å². The highest BCUT2D eigenvalue weighted by atomic mass is 79.9. The van der Waals surface area contributed by atoms with Crippen molar-refractivity contribution in [2.75, 3.05) is 12.0 Å². The Kier molecular flexibility index (Phi) is 3.66. The topological polar surface area (TPSA) is 29.4 Å². The van der Waals surface area contributed by atoms with Crippen LogP contribution < -0.4 is 0 Å². The van der Waals surface area contributed by atoms with E-state index in [1.165, 1.54) is 18.4 Å². The van der Waals surface area contributed by atoms with Crippen LogP contribution in [0.1, 0.15) is 6.92 Å². The average molecular weight is 280 g/mol. The smallest absolute Gasteiger partial charge is 0.150 e. The van der Waals surface area contributed by atoms with Crippen LogP contribution in [0.3, 0.4) is 0 Å². The second-order valence-corrected chi connectivity index (χ2v) is 6.53. The van der Waals surface area contributed by atoms with Crippen molar-refractivity contribution in [3.05, 3.63) is 28.5 Å². The Morgan fingerprint density at radius 3 is 2.71 bits per heavy atom.